The van der Waals surface area contributed by atoms with E-state index in [1.54, 1.807) is 0 Å². The molecule has 0 heterocycles. The molecule has 8 heavy (non-hydrogen) atoms. The van der Waals surface area contributed by atoms with Crippen molar-refractivity contribution in [3.8, 4) is 0 Å². The summed E-state index contributed by atoms with van der Waals surface area (Å²) in [6.45, 7) is 0. The first-order chi connectivity index (χ1) is 3.72. The van der Waals surface area contributed by atoms with Gasteiger partial charge < -0.3 is 15.8 Å². The van der Waals surface area contributed by atoms with Crippen molar-refractivity contribution in [3.63, 3.8) is 0 Å². The SMILES string of the molecule is N=C/C(=N\N)S(=O)O. The van der Waals surface area contributed by atoms with Crippen LogP contribution in [-0.2, 0) is 11.1 Å². The molecule has 46 valence electrons. The minimum absolute atomic E-state index is 0.343. The molecule has 4 N–H and O–H groups in total. The Labute approximate surface area is 48.4 Å². The van der Waals surface area contributed by atoms with Crippen molar-refractivity contribution in [1.29, 1.82) is 5.41 Å². The molecule has 1 unspecified atom stereocenters. The molecule has 0 spiro atoms. The van der Waals surface area contributed by atoms with Crippen molar-refractivity contribution in [3.05, 3.63) is 0 Å². The Morgan fingerprint density at radius 2 is 2.50 bits per heavy atom. The van der Waals surface area contributed by atoms with Gasteiger partial charge in [-0.25, -0.2) is 4.21 Å². The van der Waals surface area contributed by atoms with Crippen LogP contribution in [0.2, 0.25) is 0 Å². The molecule has 6 heteroatoms. The molecule has 0 bridgehead atoms. The molecule has 5 nitrogen and oxygen atoms in total. The second-order valence-electron chi connectivity index (χ2n) is 0.861. The zero-order valence-corrected chi connectivity index (χ0v) is 4.68. The van der Waals surface area contributed by atoms with Crippen LogP contribution in [0.1, 0.15) is 0 Å². The maximum atomic E-state index is 9.91. The van der Waals surface area contributed by atoms with E-state index in [-0.39, 0.29) is 5.04 Å². The Balaban J connectivity index is 4.13. The summed E-state index contributed by atoms with van der Waals surface area (Å²) < 4.78 is 18.0. The molecule has 0 aliphatic rings. The van der Waals surface area contributed by atoms with Crippen LogP contribution in [0.15, 0.2) is 5.10 Å². The van der Waals surface area contributed by atoms with E-state index in [0.29, 0.717) is 6.21 Å². The Morgan fingerprint density at radius 1 is 2.00 bits per heavy atom. The Morgan fingerprint density at radius 3 is 2.50 bits per heavy atom. The summed E-state index contributed by atoms with van der Waals surface area (Å²) in [5, 5.41) is 8.89. The molecular formula is C2H5N3O2S. The number of hydrogen-bond donors (Lipinski definition) is 3. The Hall–Kier alpha value is -0.750. The monoisotopic (exact) mass is 135 g/mol. The minimum Gasteiger partial charge on any atom is -0.322 e. The van der Waals surface area contributed by atoms with Crippen LogP contribution in [0.3, 0.4) is 0 Å². The average molecular weight is 135 g/mol. The van der Waals surface area contributed by atoms with Gasteiger partial charge in [0.05, 0.1) is 6.21 Å². The van der Waals surface area contributed by atoms with Crippen LogP contribution in [0, 0.1) is 5.41 Å². The lowest BCUT2D eigenvalue weighted by atomic mass is 10.8. The molecule has 1 atom stereocenters. The molecule has 0 saturated heterocycles. The lowest BCUT2D eigenvalue weighted by Gasteiger charge is -1.84. The summed E-state index contributed by atoms with van der Waals surface area (Å²) in [4.78, 5) is 0. The highest BCUT2D eigenvalue weighted by Crippen LogP contribution is 1.74. The van der Waals surface area contributed by atoms with E-state index in [0.717, 1.165) is 0 Å². The first kappa shape index (κ1) is 7.25. The molecular weight excluding hydrogens is 130 g/mol. The number of nitrogens with two attached hydrogens (primary N) is 1. The second-order valence-corrected chi connectivity index (χ2v) is 1.78. The fourth-order valence-electron chi connectivity index (χ4n) is 0.133. The van der Waals surface area contributed by atoms with Crippen molar-refractivity contribution >= 4 is 22.3 Å². The molecule has 0 fully saturated rings. The topological polar surface area (TPSA) is 99.5 Å². The molecule has 0 amide bonds. The first-order valence-electron chi connectivity index (χ1n) is 1.61. The fourth-order valence-corrected chi connectivity index (χ4v) is 0.324. The van der Waals surface area contributed by atoms with E-state index in [1.807, 2.05) is 0 Å². The average Bonchev–Trinajstić information content (AvgIpc) is 1.69. The van der Waals surface area contributed by atoms with E-state index in [2.05, 4.69) is 10.9 Å². The molecule has 0 rings (SSSR count). The number of hydrazone groups is 1. The van der Waals surface area contributed by atoms with Gasteiger partial charge in [-0.3, -0.25) is 0 Å². The van der Waals surface area contributed by atoms with Crippen LogP contribution >= 0.6 is 0 Å². The van der Waals surface area contributed by atoms with Gasteiger partial charge in [-0.1, -0.05) is 0 Å². The number of nitrogens with one attached hydrogen (secondary N) is 1. The van der Waals surface area contributed by atoms with Gasteiger partial charge in [0.2, 0.25) is 11.1 Å². The van der Waals surface area contributed by atoms with E-state index in [4.69, 9.17) is 9.96 Å². The van der Waals surface area contributed by atoms with Crippen molar-refractivity contribution in [2.45, 2.75) is 0 Å². The number of nitrogens with zero attached hydrogens (tertiary/aromatic N) is 1. The van der Waals surface area contributed by atoms with E-state index < -0.39 is 11.1 Å². The highest BCUT2D eigenvalue weighted by atomic mass is 32.2. The summed E-state index contributed by atoms with van der Waals surface area (Å²) in [7, 11) is 0. The zero-order chi connectivity index (χ0) is 6.57. The van der Waals surface area contributed by atoms with Gasteiger partial charge in [0.1, 0.15) is 0 Å². The van der Waals surface area contributed by atoms with E-state index >= 15 is 0 Å². The molecule has 0 aliphatic carbocycles. The maximum absolute atomic E-state index is 9.91. The van der Waals surface area contributed by atoms with Gasteiger partial charge in [0.15, 0.2) is 5.04 Å². The molecule has 0 aromatic rings. The third kappa shape index (κ3) is 1.80. The lowest BCUT2D eigenvalue weighted by Crippen LogP contribution is -2.09. The third-order valence-electron chi connectivity index (χ3n) is 0.430. The fraction of sp³-hybridized carbons (Fsp3) is 0. The Kier molecular flexibility index (Phi) is 2.97. The van der Waals surface area contributed by atoms with Gasteiger partial charge in [-0.2, -0.15) is 5.10 Å². The third-order valence-corrected chi connectivity index (χ3v) is 1.01. The highest BCUT2D eigenvalue weighted by molar-refractivity contribution is 7.97. The maximum Gasteiger partial charge on any atom is 0.209 e. The predicted molar refractivity (Wildman–Crippen MR) is 31.2 cm³/mol. The van der Waals surface area contributed by atoms with Crippen molar-refractivity contribution in [2.24, 2.45) is 10.9 Å². The van der Waals surface area contributed by atoms with Crippen molar-refractivity contribution < 1.29 is 8.76 Å². The van der Waals surface area contributed by atoms with Gasteiger partial charge in [0, 0.05) is 0 Å². The molecule has 0 saturated carbocycles. The summed E-state index contributed by atoms with van der Waals surface area (Å²) in [5.41, 5.74) is 0. The van der Waals surface area contributed by atoms with Gasteiger partial charge >= 0.3 is 0 Å². The predicted octanol–water partition coefficient (Wildman–Crippen LogP) is -0.870. The van der Waals surface area contributed by atoms with Crippen LogP contribution < -0.4 is 5.84 Å². The normalized spacial score (nSPS) is 15.4. The highest BCUT2D eigenvalue weighted by Gasteiger charge is 1.98. The van der Waals surface area contributed by atoms with Gasteiger partial charge in [-0.05, 0) is 0 Å². The standard InChI is InChI=1S/C2H5N3O2S/c3-1-2(5-4)8(6)7/h1,3H,4H2,(H,6,7)/b3-1?,5-2+. The van der Waals surface area contributed by atoms with E-state index in [1.165, 1.54) is 0 Å². The smallest absolute Gasteiger partial charge is 0.209 e. The Bertz CT molecular complexity index is 142. The zero-order valence-electron chi connectivity index (χ0n) is 3.87. The molecule has 0 aliphatic heterocycles. The summed E-state index contributed by atoms with van der Waals surface area (Å²) in [5.74, 6) is 4.57. The number of rotatable bonds is 1. The van der Waals surface area contributed by atoms with Crippen molar-refractivity contribution in [2.75, 3.05) is 0 Å². The molecule has 0 aromatic heterocycles. The quantitative estimate of drug-likeness (QED) is 0.143. The largest absolute Gasteiger partial charge is 0.322 e. The van der Waals surface area contributed by atoms with Gasteiger partial charge in [0.25, 0.3) is 0 Å². The van der Waals surface area contributed by atoms with Crippen LogP contribution in [0.4, 0.5) is 0 Å². The van der Waals surface area contributed by atoms with E-state index in [9.17, 15) is 4.21 Å². The first-order valence-corrected chi connectivity index (χ1v) is 2.72. The molecule has 0 aromatic carbocycles. The second kappa shape index (κ2) is 3.28. The summed E-state index contributed by atoms with van der Waals surface area (Å²) in [6, 6.07) is 0. The summed E-state index contributed by atoms with van der Waals surface area (Å²) >= 11 is -2.22. The summed E-state index contributed by atoms with van der Waals surface area (Å²) in [6.07, 6.45) is 0.621. The molecule has 0 radical (unpaired) electrons. The van der Waals surface area contributed by atoms with Gasteiger partial charge in [-0.15, -0.1) is 0 Å². The van der Waals surface area contributed by atoms with Crippen molar-refractivity contribution in [1.82, 2.24) is 0 Å². The van der Waals surface area contributed by atoms with Crippen LogP contribution in [-0.4, -0.2) is 20.0 Å². The number of hydrogen-bond acceptors (Lipinski definition) is 4. The minimum atomic E-state index is -2.22. The lowest BCUT2D eigenvalue weighted by molar-refractivity contribution is 0.577. The van der Waals surface area contributed by atoms with Crippen LogP contribution in [0.25, 0.3) is 0 Å². The van der Waals surface area contributed by atoms with Crippen LogP contribution in [0.5, 0.6) is 0 Å².